The van der Waals surface area contributed by atoms with Crippen LogP contribution in [-0.2, 0) is 0 Å². The van der Waals surface area contributed by atoms with Gasteiger partial charge in [-0.15, -0.1) is 0 Å². The summed E-state index contributed by atoms with van der Waals surface area (Å²) in [6.07, 6.45) is 1.62. The van der Waals surface area contributed by atoms with Gasteiger partial charge >= 0.3 is 0 Å². The van der Waals surface area contributed by atoms with E-state index in [1.54, 1.807) is 19.4 Å². The van der Waals surface area contributed by atoms with Crippen LogP contribution < -0.4 is 4.74 Å². The molecule has 4 heteroatoms. The SMILES string of the molecule is COc1ccccc1-c1nccc(Cl)n1. The standard InChI is InChI=1S/C11H9ClN2O/c1-15-9-5-3-2-4-8(9)11-13-7-6-10(12)14-11/h2-7H,1H3. The lowest BCUT2D eigenvalue weighted by atomic mass is 10.2. The minimum atomic E-state index is 0.422. The Labute approximate surface area is 92.7 Å². The van der Waals surface area contributed by atoms with Crippen LogP contribution in [0.15, 0.2) is 36.5 Å². The van der Waals surface area contributed by atoms with Gasteiger partial charge in [-0.1, -0.05) is 23.7 Å². The first-order chi connectivity index (χ1) is 7.31. The van der Waals surface area contributed by atoms with Crippen molar-refractivity contribution >= 4 is 11.6 Å². The van der Waals surface area contributed by atoms with Gasteiger partial charge in [-0.25, -0.2) is 9.97 Å². The summed E-state index contributed by atoms with van der Waals surface area (Å²) < 4.78 is 5.22. The van der Waals surface area contributed by atoms with Gasteiger partial charge in [-0.2, -0.15) is 0 Å². The summed E-state index contributed by atoms with van der Waals surface area (Å²) in [5, 5.41) is 0.422. The lowest BCUT2D eigenvalue weighted by molar-refractivity contribution is 0.416. The number of methoxy groups -OCH3 is 1. The highest BCUT2D eigenvalue weighted by molar-refractivity contribution is 6.29. The Morgan fingerprint density at radius 2 is 2.00 bits per heavy atom. The second-order valence-electron chi connectivity index (χ2n) is 2.90. The van der Waals surface area contributed by atoms with Crippen LogP contribution in [0.5, 0.6) is 5.75 Å². The summed E-state index contributed by atoms with van der Waals surface area (Å²) in [5.41, 5.74) is 0.836. The summed E-state index contributed by atoms with van der Waals surface area (Å²) in [7, 11) is 1.61. The van der Waals surface area contributed by atoms with Gasteiger partial charge in [0, 0.05) is 6.20 Å². The minimum Gasteiger partial charge on any atom is -0.496 e. The van der Waals surface area contributed by atoms with E-state index in [2.05, 4.69) is 9.97 Å². The van der Waals surface area contributed by atoms with E-state index in [4.69, 9.17) is 16.3 Å². The van der Waals surface area contributed by atoms with Crippen molar-refractivity contribution < 1.29 is 4.74 Å². The predicted molar refractivity (Wildman–Crippen MR) is 59.0 cm³/mol. The summed E-state index contributed by atoms with van der Waals surface area (Å²) in [4.78, 5) is 8.27. The molecule has 0 atom stereocenters. The van der Waals surface area contributed by atoms with Gasteiger partial charge in [-0.3, -0.25) is 0 Å². The molecule has 2 rings (SSSR count). The fraction of sp³-hybridized carbons (Fsp3) is 0.0909. The Hall–Kier alpha value is -1.61. The average molecular weight is 221 g/mol. The number of halogens is 1. The van der Waals surface area contributed by atoms with Crippen LogP contribution in [0.25, 0.3) is 11.4 Å². The average Bonchev–Trinajstić information content (AvgIpc) is 2.29. The minimum absolute atomic E-state index is 0.422. The molecular formula is C11H9ClN2O. The monoisotopic (exact) mass is 220 g/mol. The van der Waals surface area contributed by atoms with Gasteiger partial charge in [0.05, 0.1) is 12.7 Å². The molecule has 0 aliphatic rings. The van der Waals surface area contributed by atoms with Crippen molar-refractivity contribution in [2.75, 3.05) is 7.11 Å². The highest BCUT2D eigenvalue weighted by Gasteiger charge is 2.07. The first kappa shape index (κ1) is 9.93. The molecule has 76 valence electrons. The number of aromatic nitrogens is 2. The number of rotatable bonds is 2. The zero-order valence-corrected chi connectivity index (χ0v) is 8.90. The topological polar surface area (TPSA) is 35.0 Å². The molecule has 1 aromatic carbocycles. The number of ether oxygens (including phenoxy) is 1. The summed E-state index contributed by atoms with van der Waals surface area (Å²) in [6.45, 7) is 0. The molecule has 0 saturated carbocycles. The lowest BCUT2D eigenvalue weighted by Crippen LogP contribution is -1.92. The van der Waals surface area contributed by atoms with Crippen LogP contribution in [0.2, 0.25) is 5.15 Å². The van der Waals surface area contributed by atoms with Gasteiger partial charge in [0.2, 0.25) is 0 Å². The van der Waals surface area contributed by atoms with E-state index >= 15 is 0 Å². The van der Waals surface area contributed by atoms with Crippen LogP contribution in [0, 0.1) is 0 Å². The lowest BCUT2D eigenvalue weighted by Gasteiger charge is -2.06. The molecule has 0 N–H and O–H groups in total. The molecule has 0 amide bonds. The Kier molecular flexibility index (Phi) is 2.83. The molecular weight excluding hydrogens is 212 g/mol. The number of benzene rings is 1. The van der Waals surface area contributed by atoms with Gasteiger partial charge in [0.25, 0.3) is 0 Å². The Morgan fingerprint density at radius 1 is 1.20 bits per heavy atom. The molecule has 0 fully saturated rings. The normalized spacial score (nSPS) is 10.0. The van der Waals surface area contributed by atoms with Crippen molar-refractivity contribution in [3.8, 4) is 17.1 Å². The molecule has 0 bridgehead atoms. The molecule has 2 aromatic rings. The van der Waals surface area contributed by atoms with E-state index in [0.29, 0.717) is 11.0 Å². The number of nitrogens with zero attached hydrogens (tertiary/aromatic N) is 2. The maximum atomic E-state index is 5.80. The molecule has 0 aliphatic heterocycles. The molecule has 1 heterocycles. The third kappa shape index (κ3) is 2.07. The smallest absolute Gasteiger partial charge is 0.164 e. The molecule has 0 saturated heterocycles. The molecule has 1 aromatic heterocycles. The van der Waals surface area contributed by atoms with E-state index in [-0.39, 0.29) is 0 Å². The molecule has 0 unspecified atom stereocenters. The summed E-state index contributed by atoms with van der Waals surface area (Å²) in [6, 6.07) is 9.19. The van der Waals surface area contributed by atoms with Crippen molar-refractivity contribution in [1.82, 2.24) is 9.97 Å². The van der Waals surface area contributed by atoms with Crippen LogP contribution in [0.4, 0.5) is 0 Å². The molecule has 15 heavy (non-hydrogen) atoms. The first-order valence-electron chi connectivity index (χ1n) is 4.43. The van der Waals surface area contributed by atoms with Crippen molar-refractivity contribution in [3.05, 3.63) is 41.7 Å². The van der Waals surface area contributed by atoms with Crippen LogP contribution in [0.1, 0.15) is 0 Å². The van der Waals surface area contributed by atoms with Gasteiger partial charge < -0.3 is 4.74 Å². The third-order valence-electron chi connectivity index (χ3n) is 1.97. The second kappa shape index (κ2) is 4.28. The second-order valence-corrected chi connectivity index (χ2v) is 3.29. The largest absolute Gasteiger partial charge is 0.496 e. The number of para-hydroxylation sites is 1. The quantitative estimate of drug-likeness (QED) is 0.730. The molecule has 0 aliphatic carbocycles. The number of hydrogen-bond acceptors (Lipinski definition) is 3. The Morgan fingerprint density at radius 3 is 2.73 bits per heavy atom. The maximum absolute atomic E-state index is 5.80. The van der Waals surface area contributed by atoms with Crippen molar-refractivity contribution in [2.24, 2.45) is 0 Å². The van der Waals surface area contributed by atoms with Gasteiger partial charge in [0.15, 0.2) is 5.82 Å². The van der Waals surface area contributed by atoms with Crippen LogP contribution >= 0.6 is 11.6 Å². The Balaban J connectivity index is 2.53. The zero-order valence-electron chi connectivity index (χ0n) is 8.14. The van der Waals surface area contributed by atoms with Crippen LogP contribution in [0.3, 0.4) is 0 Å². The highest BCUT2D eigenvalue weighted by Crippen LogP contribution is 2.26. The third-order valence-corrected chi connectivity index (χ3v) is 2.18. The van der Waals surface area contributed by atoms with E-state index in [1.807, 2.05) is 24.3 Å². The Bertz CT molecular complexity index is 474. The molecule has 0 radical (unpaired) electrons. The fourth-order valence-electron chi connectivity index (χ4n) is 1.30. The van der Waals surface area contributed by atoms with E-state index in [1.165, 1.54) is 0 Å². The van der Waals surface area contributed by atoms with Crippen LogP contribution in [-0.4, -0.2) is 17.1 Å². The fourth-order valence-corrected chi connectivity index (χ4v) is 1.43. The highest BCUT2D eigenvalue weighted by atomic mass is 35.5. The molecule has 0 spiro atoms. The van der Waals surface area contributed by atoms with Crippen molar-refractivity contribution in [2.45, 2.75) is 0 Å². The van der Waals surface area contributed by atoms with E-state index < -0.39 is 0 Å². The summed E-state index contributed by atoms with van der Waals surface area (Å²) >= 11 is 5.80. The first-order valence-corrected chi connectivity index (χ1v) is 4.81. The van der Waals surface area contributed by atoms with E-state index in [9.17, 15) is 0 Å². The predicted octanol–water partition coefficient (Wildman–Crippen LogP) is 2.81. The maximum Gasteiger partial charge on any atom is 0.164 e. The van der Waals surface area contributed by atoms with Gasteiger partial charge in [-0.05, 0) is 18.2 Å². The number of hydrogen-bond donors (Lipinski definition) is 0. The summed E-state index contributed by atoms with van der Waals surface area (Å²) in [5.74, 6) is 1.31. The van der Waals surface area contributed by atoms with E-state index in [0.717, 1.165) is 11.3 Å². The van der Waals surface area contributed by atoms with Crippen molar-refractivity contribution in [1.29, 1.82) is 0 Å². The zero-order chi connectivity index (χ0) is 10.7. The van der Waals surface area contributed by atoms with Gasteiger partial charge in [0.1, 0.15) is 10.9 Å². The molecule has 3 nitrogen and oxygen atoms in total. The van der Waals surface area contributed by atoms with Crippen molar-refractivity contribution in [3.63, 3.8) is 0 Å².